The van der Waals surface area contributed by atoms with Gasteiger partial charge in [-0.15, -0.1) is 0 Å². The lowest BCUT2D eigenvalue weighted by Gasteiger charge is -2.28. The number of carbonyl (C=O) groups is 1. The number of unbranched alkanes of at least 4 members (excludes halogenated alkanes) is 1. The summed E-state index contributed by atoms with van der Waals surface area (Å²) in [5, 5.41) is 0. The number of rotatable bonds is 8. The first-order chi connectivity index (χ1) is 9.58. The molecule has 0 spiro atoms. The van der Waals surface area contributed by atoms with Crippen molar-refractivity contribution in [3.63, 3.8) is 0 Å². The number of hydrogen-bond acceptors (Lipinski definition) is 2. The van der Waals surface area contributed by atoms with Crippen molar-refractivity contribution in [3.05, 3.63) is 29.8 Å². The fourth-order valence-corrected chi connectivity index (χ4v) is 2.28. The highest BCUT2D eigenvalue weighted by molar-refractivity contribution is 5.76. The van der Waals surface area contributed by atoms with Crippen LogP contribution in [0.15, 0.2) is 24.3 Å². The van der Waals surface area contributed by atoms with E-state index in [-0.39, 0.29) is 5.91 Å². The van der Waals surface area contributed by atoms with Gasteiger partial charge in [-0.1, -0.05) is 32.4 Å². The first-order valence-corrected chi connectivity index (χ1v) is 7.72. The lowest BCUT2D eigenvalue weighted by atomic mass is 10.1. The van der Waals surface area contributed by atoms with Crippen LogP contribution < -0.4 is 5.73 Å². The molecule has 1 aromatic carbocycles. The molecule has 3 nitrogen and oxygen atoms in total. The molecule has 0 aromatic heterocycles. The monoisotopic (exact) mass is 276 g/mol. The van der Waals surface area contributed by atoms with Crippen molar-refractivity contribution >= 4 is 11.6 Å². The van der Waals surface area contributed by atoms with Gasteiger partial charge in [0, 0.05) is 24.7 Å². The lowest BCUT2D eigenvalue weighted by molar-refractivity contribution is -0.133. The molecule has 3 heteroatoms. The van der Waals surface area contributed by atoms with Crippen molar-refractivity contribution < 1.29 is 4.79 Å². The van der Waals surface area contributed by atoms with E-state index < -0.39 is 0 Å². The fraction of sp³-hybridized carbons (Fsp3) is 0.588. The lowest BCUT2D eigenvalue weighted by Crippen LogP contribution is -2.39. The van der Waals surface area contributed by atoms with Crippen molar-refractivity contribution in [2.45, 2.75) is 58.9 Å². The Morgan fingerprint density at radius 1 is 1.35 bits per heavy atom. The van der Waals surface area contributed by atoms with Gasteiger partial charge in [-0.05, 0) is 43.9 Å². The Bertz CT molecular complexity index is 417. The predicted molar refractivity (Wildman–Crippen MR) is 85.5 cm³/mol. The summed E-state index contributed by atoms with van der Waals surface area (Å²) in [6, 6.07) is 8.13. The van der Waals surface area contributed by atoms with E-state index in [2.05, 4.69) is 20.8 Å². The van der Waals surface area contributed by atoms with Crippen molar-refractivity contribution in [1.29, 1.82) is 0 Å². The second-order valence-corrected chi connectivity index (χ2v) is 5.44. The smallest absolute Gasteiger partial charge is 0.223 e. The van der Waals surface area contributed by atoms with Crippen LogP contribution in [0.3, 0.4) is 0 Å². The minimum Gasteiger partial charge on any atom is -0.399 e. The Morgan fingerprint density at radius 3 is 2.70 bits per heavy atom. The molecule has 0 fully saturated rings. The first kappa shape index (κ1) is 16.5. The molecule has 0 bridgehead atoms. The number of amides is 1. The largest absolute Gasteiger partial charge is 0.399 e. The second-order valence-electron chi connectivity index (χ2n) is 5.44. The zero-order valence-corrected chi connectivity index (χ0v) is 13.1. The van der Waals surface area contributed by atoms with Crippen molar-refractivity contribution in [2.24, 2.45) is 0 Å². The van der Waals surface area contributed by atoms with Crippen LogP contribution in [0.5, 0.6) is 0 Å². The highest BCUT2D eigenvalue weighted by Gasteiger charge is 2.17. The SMILES string of the molecule is CCCCN(C(=O)CCc1cccc(N)c1)C(C)CC. The van der Waals surface area contributed by atoms with Gasteiger partial charge in [0.2, 0.25) is 5.91 Å². The van der Waals surface area contributed by atoms with Crippen molar-refractivity contribution in [1.82, 2.24) is 4.90 Å². The van der Waals surface area contributed by atoms with E-state index in [0.29, 0.717) is 12.5 Å². The summed E-state index contributed by atoms with van der Waals surface area (Å²) in [6.07, 6.45) is 4.54. The number of nitrogens with zero attached hydrogens (tertiary/aromatic N) is 1. The van der Waals surface area contributed by atoms with Crippen molar-refractivity contribution in [2.75, 3.05) is 12.3 Å². The van der Waals surface area contributed by atoms with Crippen LogP contribution >= 0.6 is 0 Å². The molecule has 1 atom stereocenters. The Hall–Kier alpha value is -1.51. The number of benzene rings is 1. The van der Waals surface area contributed by atoms with Gasteiger partial charge in [0.15, 0.2) is 0 Å². The van der Waals surface area contributed by atoms with Gasteiger partial charge in [0.1, 0.15) is 0 Å². The van der Waals surface area contributed by atoms with E-state index in [1.54, 1.807) is 0 Å². The van der Waals surface area contributed by atoms with Gasteiger partial charge >= 0.3 is 0 Å². The molecule has 1 rings (SSSR count). The fourth-order valence-electron chi connectivity index (χ4n) is 2.28. The molecule has 112 valence electrons. The zero-order chi connectivity index (χ0) is 15.0. The summed E-state index contributed by atoms with van der Waals surface area (Å²) in [7, 11) is 0. The third-order valence-electron chi connectivity index (χ3n) is 3.77. The molecule has 2 N–H and O–H groups in total. The molecule has 0 saturated carbocycles. The number of hydrogen-bond donors (Lipinski definition) is 1. The zero-order valence-electron chi connectivity index (χ0n) is 13.1. The molecule has 0 radical (unpaired) electrons. The number of nitrogen functional groups attached to an aromatic ring is 1. The highest BCUT2D eigenvalue weighted by atomic mass is 16.2. The third-order valence-corrected chi connectivity index (χ3v) is 3.77. The van der Waals surface area contributed by atoms with E-state index in [9.17, 15) is 4.79 Å². The van der Waals surface area contributed by atoms with E-state index >= 15 is 0 Å². The molecule has 0 heterocycles. The number of nitrogens with two attached hydrogens (primary N) is 1. The van der Waals surface area contributed by atoms with Crippen LogP contribution in [0.2, 0.25) is 0 Å². The van der Waals surface area contributed by atoms with Gasteiger partial charge < -0.3 is 10.6 Å². The van der Waals surface area contributed by atoms with Crippen LogP contribution in [0.1, 0.15) is 52.0 Å². The average molecular weight is 276 g/mol. The van der Waals surface area contributed by atoms with Gasteiger partial charge in [0.05, 0.1) is 0 Å². The van der Waals surface area contributed by atoms with Crippen LogP contribution in [-0.4, -0.2) is 23.4 Å². The molecule has 0 aliphatic rings. The van der Waals surface area contributed by atoms with E-state index in [4.69, 9.17) is 5.73 Å². The Kier molecular flexibility index (Phi) is 7.13. The van der Waals surface area contributed by atoms with Crippen LogP contribution in [0, 0.1) is 0 Å². The number of aryl methyl sites for hydroxylation is 1. The molecule has 1 amide bonds. The van der Waals surface area contributed by atoms with Crippen LogP contribution in [0.25, 0.3) is 0 Å². The molecule has 0 aliphatic carbocycles. The molecule has 1 unspecified atom stereocenters. The maximum absolute atomic E-state index is 12.4. The van der Waals surface area contributed by atoms with Gasteiger partial charge in [0.25, 0.3) is 0 Å². The van der Waals surface area contributed by atoms with Gasteiger partial charge in [-0.2, -0.15) is 0 Å². The Labute approximate surface area is 123 Å². The topological polar surface area (TPSA) is 46.3 Å². The summed E-state index contributed by atoms with van der Waals surface area (Å²) >= 11 is 0. The highest BCUT2D eigenvalue weighted by Crippen LogP contribution is 2.12. The molecular formula is C17H28N2O. The van der Waals surface area contributed by atoms with E-state index in [0.717, 1.165) is 43.5 Å². The van der Waals surface area contributed by atoms with Crippen LogP contribution in [-0.2, 0) is 11.2 Å². The summed E-state index contributed by atoms with van der Waals surface area (Å²) in [6.45, 7) is 7.30. The first-order valence-electron chi connectivity index (χ1n) is 7.72. The molecule has 0 aliphatic heterocycles. The minimum atomic E-state index is 0.259. The number of carbonyl (C=O) groups excluding carboxylic acids is 1. The molecule has 1 aromatic rings. The van der Waals surface area contributed by atoms with E-state index in [1.165, 1.54) is 0 Å². The molecule has 0 saturated heterocycles. The average Bonchev–Trinajstić information content (AvgIpc) is 2.45. The third kappa shape index (κ3) is 5.24. The summed E-state index contributed by atoms with van der Waals surface area (Å²) in [5.74, 6) is 0.259. The van der Waals surface area contributed by atoms with Crippen LogP contribution in [0.4, 0.5) is 5.69 Å². The second kappa shape index (κ2) is 8.62. The Balaban J connectivity index is 2.57. The Morgan fingerprint density at radius 2 is 2.10 bits per heavy atom. The summed E-state index contributed by atoms with van der Waals surface area (Å²) in [5.41, 5.74) is 7.67. The molecule has 20 heavy (non-hydrogen) atoms. The standard InChI is InChI=1S/C17H28N2O/c1-4-6-12-19(14(3)5-2)17(20)11-10-15-8-7-9-16(18)13-15/h7-9,13-14H,4-6,10-12,18H2,1-3H3. The quantitative estimate of drug-likeness (QED) is 0.737. The summed E-state index contributed by atoms with van der Waals surface area (Å²) < 4.78 is 0. The van der Waals surface area contributed by atoms with Crippen molar-refractivity contribution in [3.8, 4) is 0 Å². The maximum atomic E-state index is 12.4. The molecular weight excluding hydrogens is 248 g/mol. The minimum absolute atomic E-state index is 0.259. The summed E-state index contributed by atoms with van der Waals surface area (Å²) in [4.78, 5) is 14.4. The van der Waals surface area contributed by atoms with E-state index in [1.807, 2.05) is 29.2 Å². The van der Waals surface area contributed by atoms with Gasteiger partial charge in [-0.3, -0.25) is 4.79 Å². The number of anilines is 1. The van der Waals surface area contributed by atoms with Gasteiger partial charge in [-0.25, -0.2) is 0 Å². The maximum Gasteiger partial charge on any atom is 0.223 e. The normalized spacial score (nSPS) is 12.2. The predicted octanol–water partition coefficient (Wildman–Crippen LogP) is 3.63.